The summed E-state index contributed by atoms with van der Waals surface area (Å²) in [5.41, 5.74) is 2.36. The van der Waals surface area contributed by atoms with Gasteiger partial charge in [0.25, 0.3) is 0 Å². The van der Waals surface area contributed by atoms with Gasteiger partial charge in [-0.15, -0.1) is 0 Å². The lowest BCUT2D eigenvalue weighted by Gasteiger charge is -2.36. The molecule has 1 nitrogen and oxygen atoms in total. The second kappa shape index (κ2) is 6.86. The quantitative estimate of drug-likeness (QED) is 0.716. The molecule has 21 heavy (non-hydrogen) atoms. The lowest BCUT2D eigenvalue weighted by Crippen LogP contribution is -2.41. The summed E-state index contributed by atoms with van der Waals surface area (Å²) in [6, 6.07) is 21.5. The van der Waals surface area contributed by atoms with Crippen LogP contribution in [0, 0.1) is 0 Å². The third-order valence-electron chi connectivity index (χ3n) is 4.21. The van der Waals surface area contributed by atoms with Crippen LogP contribution in [0.4, 0.5) is 5.69 Å². The van der Waals surface area contributed by atoms with Crippen LogP contribution in [0.1, 0.15) is 37.7 Å². The van der Waals surface area contributed by atoms with Crippen LogP contribution in [0.15, 0.2) is 60.7 Å². The number of para-hydroxylation sites is 1. The monoisotopic (exact) mass is 295 g/mol. The number of hydrogen-bond acceptors (Lipinski definition) is 1. The predicted octanol–water partition coefficient (Wildman–Crippen LogP) is 5.20. The Bertz CT molecular complexity index is 573. The van der Waals surface area contributed by atoms with Gasteiger partial charge in [0.05, 0.1) is 0 Å². The standard InChI is InChI=1S/C19H21NS/c21-19(16-10-4-1-5-11-16)20(17-12-6-2-7-13-17)18-14-8-3-9-15-18/h1-2,4-7,10-13,18H,3,8-9,14-15H2. The van der Waals surface area contributed by atoms with Crippen LogP contribution in [0.25, 0.3) is 0 Å². The molecule has 0 aromatic heterocycles. The zero-order valence-electron chi connectivity index (χ0n) is 12.2. The molecule has 0 radical (unpaired) electrons. The molecule has 1 fully saturated rings. The summed E-state index contributed by atoms with van der Waals surface area (Å²) in [6.45, 7) is 0. The molecular formula is C19H21NS. The first-order valence-corrected chi connectivity index (χ1v) is 8.21. The van der Waals surface area contributed by atoms with Crippen molar-refractivity contribution in [1.82, 2.24) is 0 Å². The van der Waals surface area contributed by atoms with E-state index in [1.165, 1.54) is 37.8 Å². The molecule has 0 saturated heterocycles. The molecule has 0 N–H and O–H groups in total. The van der Waals surface area contributed by atoms with Gasteiger partial charge in [-0.2, -0.15) is 0 Å². The molecule has 0 spiro atoms. The molecule has 2 aromatic carbocycles. The van der Waals surface area contributed by atoms with Crippen LogP contribution in [0.3, 0.4) is 0 Å². The van der Waals surface area contributed by atoms with E-state index in [9.17, 15) is 0 Å². The van der Waals surface area contributed by atoms with Gasteiger partial charge in [0.1, 0.15) is 4.99 Å². The third kappa shape index (κ3) is 3.33. The highest BCUT2D eigenvalue weighted by Crippen LogP contribution is 2.29. The maximum Gasteiger partial charge on any atom is 0.113 e. The molecule has 1 aliphatic carbocycles. The second-order valence-corrected chi connectivity index (χ2v) is 6.06. The van der Waals surface area contributed by atoms with Crippen molar-refractivity contribution in [3.8, 4) is 0 Å². The lowest BCUT2D eigenvalue weighted by atomic mass is 9.93. The van der Waals surface area contributed by atoms with Gasteiger partial charge in [-0.3, -0.25) is 0 Å². The molecule has 0 aliphatic heterocycles. The summed E-state index contributed by atoms with van der Waals surface area (Å²) in [7, 11) is 0. The first kappa shape index (κ1) is 14.3. The minimum Gasteiger partial charge on any atom is -0.329 e. The smallest absolute Gasteiger partial charge is 0.113 e. The van der Waals surface area contributed by atoms with E-state index in [0.29, 0.717) is 6.04 Å². The fourth-order valence-corrected chi connectivity index (χ4v) is 3.53. The van der Waals surface area contributed by atoms with Gasteiger partial charge >= 0.3 is 0 Å². The van der Waals surface area contributed by atoms with Gasteiger partial charge < -0.3 is 4.90 Å². The molecule has 0 heterocycles. The van der Waals surface area contributed by atoms with Crippen molar-refractivity contribution in [2.45, 2.75) is 38.1 Å². The first-order valence-electron chi connectivity index (χ1n) is 7.80. The Kier molecular flexibility index (Phi) is 4.66. The molecule has 3 rings (SSSR count). The number of rotatable bonds is 3. The Labute approximate surface area is 132 Å². The van der Waals surface area contributed by atoms with Crippen molar-refractivity contribution in [1.29, 1.82) is 0 Å². The van der Waals surface area contributed by atoms with Crippen molar-refractivity contribution >= 4 is 22.9 Å². The lowest BCUT2D eigenvalue weighted by molar-refractivity contribution is 0.441. The summed E-state index contributed by atoms with van der Waals surface area (Å²) in [5.74, 6) is 0. The Balaban J connectivity index is 1.94. The fourth-order valence-electron chi connectivity index (χ4n) is 3.14. The van der Waals surface area contributed by atoms with Crippen LogP contribution in [-0.2, 0) is 0 Å². The summed E-state index contributed by atoms with van der Waals surface area (Å²) < 4.78 is 0. The summed E-state index contributed by atoms with van der Waals surface area (Å²) >= 11 is 5.83. The van der Waals surface area contributed by atoms with E-state index in [4.69, 9.17) is 12.2 Å². The molecule has 0 unspecified atom stereocenters. The van der Waals surface area contributed by atoms with E-state index >= 15 is 0 Å². The van der Waals surface area contributed by atoms with Crippen LogP contribution < -0.4 is 4.90 Å². The third-order valence-corrected chi connectivity index (χ3v) is 4.65. The molecule has 0 atom stereocenters. The Hall–Kier alpha value is -1.67. The van der Waals surface area contributed by atoms with Gasteiger partial charge in [0.2, 0.25) is 0 Å². The van der Waals surface area contributed by atoms with Gasteiger partial charge in [-0.25, -0.2) is 0 Å². The van der Waals surface area contributed by atoms with E-state index in [-0.39, 0.29) is 0 Å². The van der Waals surface area contributed by atoms with Crippen LogP contribution in [0.5, 0.6) is 0 Å². The zero-order chi connectivity index (χ0) is 14.5. The van der Waals surface area contributed by atoms with E-state index in [1.54, 1.807) is 0 Å². The van der Waals surface area contributed by atoms with Gasteiger partial charge in [0.15, 0.2) is 0 Å². The fraction of sp³-hybridized carbons (Fsp3) is 0.316. The van der Waals surface area contributed by atoms with Crippen LogP contribution >= 0.6 is 12.2 Å². The maximum absolute atomic E-state index is 5.83. The molecule has 0 amide bonds. The summed E-state index contributed by atoms with van der Waals surface area (Å²) in [6.07, 6.45) is 6.46. The normalized spacial score (nSPS) is 15.6. The van der Waals surface area contributed by atoms with E-state index in [0.717, 1.165) is 10.6 Å². The number of anilines is 1. The van der Waals surface area contributed by atoms with Crippen molar-refractivity contribution in [2.24, 2.45) is 0 Å². The van der Waals surface area contributed by atoms with Crippen molar-refractivity contribution in [3.05, 3.63) is 66.2 Å². The van der Waals surface area contributed by atoms with Gasteiger partial charge in [-0.1, -0.05) is 80.0 Å². The highest BCUT2D eigenvalue weighted by Gasteiger charge is 2.25. The zero-order valence-corrected chi connectivity index (χ0v) is 13.1. The number of nitrogens with zero attached hydrogens (tertiary/aromatic N) is 1. The minimum atomic E-state index is 0.536. The van der Waals surface area contributed by atoms with Crippen molar-refractivity contribution in [2.75, 3.05) is 4.90 Å². The average molecular weight is 295 g/mol. The van der Waals surface area contributed by atoms with E-state index in [1.807, 2.05) is 6.07 Å². The van der Waals surface area contributed by atoms with E-state index in [2.05, 4.69) is 59.5 Å². The Morgan fingerprint density at radius 2 is 1.38 bits per heavy atom. The summed E-state index contributed by atoms with van der Waals surface area (Å²) in [4.78, 5) is 3.33. The molecular weight excluding hydrogens is 274 g/mol. The molecule has 0 bridgehead atoms. The SMILES string of the molecule is S=C(c1ccccc1)N(c1ccccc1)C1CCCCC1. The molecule has 2 aromatic rings. The van der Waals surface area contributed by atoms with Gasteiger partial charge in [-0.05, 0) is 25.0 Å². The summed E-state index contributed by atoms with van der Waals surface area (Å²) in [5, 5.41) is 0. The van der Waals surface area contributed by atoms with Gasteiger partial charge in [0, 0.05) is 17.3 Å². The van der Waals surface area contributed by atoms with Crippen molar-refractivity contribution < 1.29 is 0 Å². The van der Waals surface area contributed by atoms with Crippen LogP contribution in [-0.4, -0.2) is 11.0 Å². The largest absolute Gasteiger partial charge is 0.329 e. The minimum absolute atomic E-state index is 0.536. The maximum atomic E-state index is 5.83. The number of benzene rings is 2. The molecule has 1 aliphatic rings. The molecule has 2 heteroatoms. The Morgan fingerprint density at radius 3 is 2.00 bits per heavy atom. The average Bonchev–Trinajstić information content (AvgIpc) is 2.58. The topological polar surface area (TPSA) is 3.24 Å². The molecule has 1 saturated carbocycles. The van der Waals surface area contributed by atoms with Crippen molar-refractivity contribution in [3.63, 3.8) is 0 Å². The van der Waals surface area contributed by atoms with E-state index < -0.39 is 0 Å². The second-order valence-electron chi connectivity index (χ2n) is 5.67. The highest BCUT2D eigenvalue weighted by molar-refractivity contribution is 7.81. The Morgan fingerprint density at radius 1 is 0.810 bits per heavy atom. The number of thiocarbonyl (C=S) groups is 1. The highest BCUT2D eigenvalue weighted by atomic mass is 32.1. The first-order chi connectivity index (χ1) is 10.4. The molecule has 108 valence electrons. The number of hydrogen-bond donors (Lipinski definition) is 0. The predicted molar refractivity (Wildman–Crippen MR) is 93.9 cm³/mol. The van der Waals surface area contributed by atoms with Crippen LogP contribution in [0.2, 0.25) is 0 Å².